The van der Waals surface area contributed by atoms with Crippen LogP contribution >= 0.6 is 0 Å². The zero-order valence-corrected chi connectivity index (χ0v) is 12.6. The fourth-order valence-corrected chi connectivity index (χ4v) is 1.95. The highest BCUT2D eigenvalue weighted by atomic mass is 16.5. The number of hydrogen-bond acceptors (Lipinski definition) is 5. The molecule has 1 rings (SSSR count). The molecule has 5 nitrogen and oxygen atoms in total. The maximum atomic E-state index is 10.8. The van der Waals surface area contributed by atoms with Crippen LogP contribution in [0.4, 0.5) is 5.82 Å². The second-order valence-corrected chi connectivity index (χ2v) is 4.41. The standard InChI is InChI=1S/C15H24N2O3/c1-4-19-8-6-17(7-9-20-5-2)15-13(3)10-14(12-18)11-16-15/h10-12H,4-9H2,1-3H3. The lowest BCUT2D eigenvalue weighted by atomic mass is 10.2. The molecule has 0 atom stereocenters. The minimum Gasteiger partial charge on any atom is -0.380 e. The Morgan fingerprint density at radius 3 is 2.25 bits per heavy atom. The largest absolute Gasteiger partial charge is 0.380 e. The van der Waals surface area contributed by atoms with Gasteiger partial charge in [0.1, 0.15) is 5.82 Å². The molecular formula is C15H24N2O3. The number of pyridine rings is 1. The molecule has 1 heterocycles. The van der Waals surface area contributed by atoms with Crippen LogP contribution in [0.3, 0.4) is 0 Å². The minimum atomic E-state index is 0.598. The number of anilines is 1. The molecule has 0 aliphatic carbocycles. The van der Waals surface area contributed by atoms with Crippen molar-refractivity contribution >= 4 is 12.1 Å². The summed E-state index contributed by atoms with van der Waals surface area (Å²) in [4.78, 5) is 17.3. The van der Waals surface area contributed by atoms with Crippen molar-refractivity contribution < 1.29 is 14.3 Å². The van der Waals surface area contributed by atoms with E-state index in [9.17, 15) is 4.79 Å². The Hall–Kier alpha value is -1.46. The van der Waals surface area contributed by atoms with Crippen LogP contribution in [-0.2, 0) is 9.47 Å². The van der Waals surface area contributed by atoms with E-state index in [1.165, 1.54) is 0 Å². The lowest BCUT2D eigenvalue weighted by molar-refractivity contribution is 0.112. The van der Waals surface area contributed by atoms with E-state index in [2.05, 4.69) is 9.88 Å². The highest BCUT2D eigenvalue weighted by Crippen LogP contribution is 2.17. The van der Waals surface area contributed by atoms with Crippen molar-refractivity contribution in [1.82, 2.24) is 4.98 Å². The second kappa shape index (κ2) is 9.44. The average Bonchev–Trinajstić information content (AvgIpc) is 2.46. The van der Waals surface area contributed by atoms with Gasteiger partial charge in [0.15, 0.2) is 6.29 Å². The Bertz CT molecular complexity index is 400. The van der Waals surface area contributed by atoms with Gasteiger partial charge in [0.05, 0.1) is 13.2 Å². The molecule has 0 amide bonds. The Balaban J connectivity index is 2.76. The average molecular weight is 280 g/mol. The zero-order chi connectivity index (χ0) is 14.8. The molecule has 112 valence electrons. The Morgan fingerprint density at radius 1 is 1.20 bits per heavy atom. The van der Waals surface area contributed by atoms with Crippen LogP contribution in [0.1, 0.15) is 29.8 Å². The molecule has 1 aromatic heterocycles. The molecule has 0 radical (unpaired) electrons. The summed E-state index contributed by atoms with van der Waals surface area (Å²) in [5.74, 6) is 0.884. The van der Waals surface area contributed by atoms with E-state index in [0.29, 0.717) is 32.0 Å². The minimum absolute atomic E-state index is 0.598. The van der Waals surface area contributed by atoms with Crippen molar-refractivity contribution in [3.05, 3.63) is 23.4 Å². The summed E-state index contributed by atoms with van der Waals surface area (Å²) in [6.45, 7) is 10.2. The number of aromatic nitrogens is 1. The first kappa shape index (κ1) is 16.6. The van der Waals surface area contributed by atoms with Crippen molar-refractivity contribution in [2.75, 3.05) is 44.4 Å². The predicted octanol–water partition coefficient (Wildman–Crippen LogP) is 2.08. The summed E-state index contributed by atoms with van der Waals surface area (Å²) in [7, 11) is 0. The third-order valence-corrected chi connectivity index (χ3v) is 2.93. The molecule has 0 aliphatic heterocycles. The lowest BCUT2D eigenvalue weighted by Crippen LogP contribution is -2.32. The van der Waals surface area contributed by atoms with Crippen LogP contribution in [0.15, 0.2) is 12.3 Å². The molecule has 0 aliphatic rings. The summed E-state index contributed by atoms with van der Waals surface area (Å²) in [6.07, 6.45) is 2.41. The first-order valence-electron chi connectivity index (χ1n) is 7.05. The van der Waals surface area contributed by atoms with Crippen LogP contribution in [0.5, 0.6) is 0 Å². The van der Waals surface area contributed by atoms with E-state index in [1.54, 1.807) is 6.20 Å². The third kappa shape index (κ3) is 5.27. The number of carbonyl (C=O) groups is 1. The summed E-state index contributed by atoms with van der Waals surface area (Å²) in [6, 6.07) is 1.85. The maximum Gasteiger partial charge on any atom is 0.151 e. The first-order chi connectivity index (χ1) is 9.72. The normalized spacial score (nSPS) is 10.6. The van der Waals surface area contributed by atoms with Crippen LogP contribution in [-0.4, -0.2) is 50.8 Å². The number of rotatable bonds is 10. The molecule has 0 aromatic carbocycles. The quantitative estimate of drug-likeness (QED) is 0.485. The van der Waals surface area contributed by atoms with Gasteiger partial charge in [0, 0.05) is 38.1 Å². The molecule has 0 spiro atoms. The third-order valence-electron chi connectivity index (χ3n) is 2.93. The zero-order valence-electron chi connectivity index (χ0n) is 12.6. The topological polar surface area (TPSA) is 51.7 Å². The smallest absolute Gasteiger partial charge is 0.151 e. The molecule has 5 heteroatoms. The van der Waals surface area contributed by atoms with Gasteiger partial charge in [-0.15, -0.1) is 0 Å². The van der Waals surface area contributed by atoms with E-state index in [0.717, 1.165) is 30.8 Å². The molecule has 0 bridgehead atoms. The van der Waals surface area contributed by atoms with E-state index < -0.39 is 0 Å². The van der Waals surface area contributed by atoms with Gasteiger partial charge >= 0.3 is 0 Å². The fourth-order valence-electron chi connectivity index (χ4n) is 1.95. The molecule has 1 aromatic rings. The van der Waals surface area contributed by atoms with Crippen molar-refractivity contribution in [3.63, 3.8) is 0 Å². The van der Waals surface area contributed by atoms with Crippen LogP contribution < -0.4 is 4.90 Å². The number of aldehydes is 1. The fraction of sp³-hybridized carbons (Fsp3) is 0.600. The molecule has 0 unspecified atom stereocenters. The molecule has 20 heavy (non-hydrogen) atoms. The Kier molecular flexibility index (Phi) is 7.84. The Morgan fingerprint density at radius 2 is 1.80 bits per heavy atom. The number of aryl methyl sites for hydroxylation is 1. The number of ether oxygens (including phenoxy) is 2. The maximum absolute atomic E-state index is 10.8. The highest BCUT2D eigenvalue weighted by molar-refractivity contribution is 5.75. The van der Waals surface area contributed by atoms with Crippen LogP contribution in [0.2, 0.25) is 0 Å². The van der Waals surface area contributed by atoms with Crippen molar-refractivity contribution in [3.8, 4) is 0 Å². The van der Waals surface area contributed by atoms with Gasteiger partial charge in [0.25, 0.3) is 0 Å². The van der Waals surface area contributed by atoms with Gasteiger partial charge in [0.2, 0.25) is 0 Å². The lowest BCUT2D eigenvalue weighted by Gasteiger charge is -2.25. The van der Waals surface area contributed by atoms with E-state index in [1.807, 2.05) is 26.8 Å². The highest BCUT2D eigenvalue weighted by Gasteiger charge is 2.11. The summed E-state index contributed by atoms with van der Waals surface area (Å²) in [5, 5.41) is 0. The molecule has 0 fully saturated rings. The second-order valence-electron chi connectivity index (χ2n) is 4.41. The number of hydrogen-bond donors (Lipinski definition) is 0. The van der Waals surface area contributed by atoms with Gasteiger partial charge in [-0.1, -0.05) is 0 Å². The first-order valence-corrected chi connectivity index (χ1v) is 7.05. The van der Waals surface area contributed by atoms with Gasteiger partial charge < -0.3 is 14.4 Å². The predicted molar refractivity (Wildman–Crippen MR) is 79.6 cm³/mol. The van der Waals surface area contributed by atoms with Crippen molar-refractivity contribution in [1.29, 1.82) is 0 Å². The van der Waals surface area contributed by atoms with Crippen molar-refractivity contribution in [2.24, 2.45) is 0 Å². The summed E-state index contributed by atoms with van der Waals surface area (Å²) < 4.78 is 10.8. The number of nitrogens with zero attached hydrogens (tertiary/aromatic N) is 2. The van der Waals surface area contributed by atoms with Crippen molar-refractivity contribution in [2.45, 2.75) is 20.8 Å². The molecule has 0 saturated heterocycles. The van der Waals surface area contributed by atoms with Crippen LogP contribution in [0.25, 0.3) is 0 Å². The Labute approximate surface area is 120 Å². The van der Waals surface area contributed by atoms with Crippen LogP contribution in [0, 0.1) is 6.92 Å². The summed E-state index contributed by atoms with van der Waals surface area (Å²) >= 11 is 0. The van der Waals surface area contributed by atoms with Gasteiger partial charge in [-0.05, 0) is 32.4 Å². The van der Waals surface area contributed by atoms with E-state index in [-0.39, 0.29) is 0 Å². The van der Waals surface area contributed by atoms with E-state index in [4.69, 9.17) is 9.47 Å². The molecule has 0 saturated carbocycles. The SMILES string of the molecule is CCOCCN(CCOCC)c1ncc(C=O)cc1C. The number of carbonyl (C=O) groups excluding carboxylic acids is 1. The molecule has 0 N–H and O–H groups in total. The van der Waals surface area contributed by atoms with Gasteiger partial charge in [-0.3, -0.25) is 4.79 Å². The van der Waals surface area contributed by atoms with Gasteiger partial charge in [-0.2, -0.15) is 0 Å². The molecular weight excluding hydrogens is 256 g/mol. The summed E-state index contributed by atoms with van der Waals surface area (Å²) in [5.41, 5.74) is 1.59. The van der Waals surface area contributed by atoms with E-state index >= 15 is 0 Å². The monoisotopic (exact) mass is 280 g/mol. The van der Waals surface area contributed by atoms with Gasteiger partial charge in [-0.25, -0.2) is 4.98 Å².